The molecule has 1 unspecified atom stereocenters. The molecule has 1 aromatic rings. The standard InChI is InChI=1S/C15H25NO2/c1-2-16-14(5-6-15-4-3-9-18-15)12-13-7-10-17-11-8-13/h3-4,9,13-14,16H,2,5-8,10-12H2,1H3. The van der Waals surface area contributed by atoms with Crippen LogP contribution in [0.4, 0.5) is 0 Å². The van der Waals surface area contributed by atoms with Crippen LogP contribution in [0.15, 0.2) is 22.8 Å². The second-order valence-electron chi connectivity index (χ2n) is 5.16. The summed E-state index contributed by atoms with van der Waals surface area (Å²) < 4.78 is 10.8. The summed E-state index contributed by atoms with van der Waals surface area (Å²) in [7, 11) is 0. The first-order valence-corrected chi connectivity index (χ1v) is 7.22. The highest BCUT2D eigenvalue weighted by Crippen LogP contribution is 2.22. The maximum atomic E-state index is 5.42. The van der Waals surface area contributed by atoms with E-state index in [4.69, 9.17) is 9.15 Å². The normalized spacial score (nSPS) is 18.9. The summed E-state index contributed by atoms with van der Waals surface area (Å²) in [5.74, 6) is 1.93. The zero-order valence-corrected chi connectivity index (χ0v) is 11.4. The quantitative estimate of drug-likeness (QED) is 0.809. The Hall–Kier alpha value is -0.800. The third kappa shape index (κ3) is 4.46. The van der Waals surface area contributed by atoms with Gasteiger partial charge in [-0.05, 0) is 50.3 Å². The number of hydrogen-bond donors (Lipinski definition) is 1. The summed E-state index contributed by atoms with van der Waals surface area (Å²) in [6, 6.07) is 4.65. The molecule has 0 saturated carbocycles. The van der Waals surface area contributed by atoms with Crippen molar-refractivity contribution in [1.29, 1.82) is 0 Å². The van der Waals surface area contributed by atoms with Gasteiger partial charge in [0.25, 0.3) is 0 Å². The smallest absolute Gasteiger partial charge is 0.103 e. The van der Waals surface area contributed by atoms with E-state index in [0.29, 0.717) is 6.04 Å². The first kappa shape index (κ1) is 13.6. The summed E-state index contributed by atoms with van der Waals surface area (Å²) in [6.45, 7) is 5.12. The van der Waals surface area contributed by atoms with Gasteiger partial charge in [-0.25, -0.2) is 0 Å². The lowest BCUT2D eigenvalue weighted by atomic mass is 9.90. The van der Waals surface area contributed by atoms with E-state index in [-0.39, 0.29) is 0 Å². The third-order valence-electron chi connectivity index (χ3n) is 3.77. The third-order valence-corrected chi connectivity index (χ3v) is 3.77. The van der Waals surface area contributed by atoms with Crippen molar-refractivity contribution in [3.63, 3.8) is 0 Å². The Bertz CT molecular complexity index is 304. The second-order valence-corrected chi connectivity index (χ2v) is 5.16. The minimum Gasteiger partial charge on any atom is -0.469 e. The first-order valence-electron chi connectivity index (χ1n) is 7.22. The van der Waals surface area contributed by atoms with Crippen molar-refractivity contribution >= 4 is 0 Å². The summed E-state index contributed by atoms with van der Waals surface area (Å²) in [5.41, 5.74) is 0. The summed E-state index contributed by atoms with van der Waals surface area (Å²) in [5, 5.41) is 3.61. The molecule has 1 fully saturated rings. The minimum atomic E-state index is 0.614. The van der Waals surface area contributed by atoms with E-state index in [9.17, 15) is 0 Å². The fraction of sp³-hybridized carbons (Fsp3) is 0.733. The summed E-state index contributed by atoms with van der Waals surface area (Å²) in [6.07, 6.45) is 7.69. The molecule has 3 nitrogen and oxygen atoms in total. The highest BCUT2D eigenvalue weighted by Gasteiger charge is 2.18. The molecule has 0 spiro atoms. The van der Waals surface area contributed by atoms with Crippen molar-refractivity contribution in [1.82, 2.24) is 5.32 Å². The topological polar surface area (TPSA) is 34.4 Å². The maximum Gasteiger partial charge on any atom is 0.103 e. The van der Waals surface area contributed by atoms with Crippen molar-refractivity contribution in [3.8, 4) is 0 Å². The lowest BCUT2D eigenvalue weighted by molar-refractivity contribution is 0.0602. The highest BCUT2D eigenvalue weighted by atomic mass is 16.5. The molecule has 0 aromatic carbocycles. The van der Waals surface area contributed by atoms with E-state index in [1.54, 1.807) is 6.26 Å². The van der Waals surface area contributed by atoms with Crippen LogP contribution in [0.1, 0.15) is 38.4 Å². The monoisotopic (exact) mass is 251 g/mol. The average molecular weight is 251 g/mol. The fourth-order valence-corrected chi connectivity index (χ4v) is 2.75. The zero-order chi connectivity index (χ0) is 12.6. The van der Waals surface area contributed by atoms with E-state index in [1.807, 2.05) is 6.07 Å². The lowest BCUT2D eigenvalue weighted by Crippen LogP contribution is -2.33. The molecule has 0 radical (unpaired) electrons. The molecule has 18 heavy (non-hydrogen) atoms. The van der Waals surface area contributed by atoms with Gasteiger partial charge in [-0.15, -0.1) is 0 Å². The van der Waals surface area contributed by atoms with Gasteiger partial charge in [-0.1, -0.05) is 6.92 Å². The molecule has 1 aromatic heterocycles. The molecule has 1 aliphatic rings. The van der Waals surface area contributed by atoms with Gasteiger partial charge >= 0.3 is 0 Å². The highest BCUT2D eigenvalue weighted by molar-refractivity contribution is 4.98. The van der Waals surface area contributed by atoms with E-state index in [2.05, 4.69) is 18.3 Å². The van der Waals surface area contributed by atoms with E-state index >= 15 is 0 Å². The van der Waals surface area contributed by atoms with Crippen LogP contribution in [0.3, 0.4) is 0 Å². The fourth-order valence-electron chi connectivity index (χ4n) is 2.75. The molecule has 3 heteroatoms. The van der Waals surface area contributed by atoms with Crippen LogP contribution < -0.4 is 5.32 Å². The molecule has 1 saturated heterocycles. The largest absolute Gasteiger partial charge is 0.469 e. The molecule has 1 atom stereocenters. The van der Waals surface area contributed by atoms with Crippen molar-refractivity contribution in [3.05, 3.63) is 24.2 Å². The van der Waals surface area contributed by atoms with Crippen LogP contribution in [0, 0.1) is 5.92 Å². The Labute approximate surface area is 110 Å². The van der Waals surface area contributed by atoms with Crippen molar-refractivity contribution in [2.75, 3.05) is 19.8 Å². The summed E-state index contributed by atoms with van der Waals surface area (Å²) >= 11 is 0. The molecule has 1 aliphatic heterocycles. The van der Waals surface area contributed by atoms with Gasteiger partial charge in [0.05, 0.1) is 6.26 Å². The molecular weight excluding hydrogens is 226 g/mol. The number of rotatable bonds is 7. The Morgan fingerprint density at radius 2 is 2.22 bits per heavy atom. The van der Waals surface area contributed by atoms with E-state index in [0.717, 1.165) is 37.9 Å². The van der Waals surface area contributed by atoms with Gasteiger partial charge in [0.1, 0.15) is 5.76 Å². The predicted octanol–water partition coefficient (Wildman–Crippen LogP) is 3.01. The minimum absolute atomic E-state index is 0.614. The van der Waals surface area contributed by atoms with Crippen LogP contribution in [0.2, 0.25) is 0 Å². The second kappa shape index (κ2) is 7.59. The van der Waals surface area contributed by atoms with Gasteiger partial charge in [0.2, 0.25) is 0 Å². The Balaban J connectivity index is 1.75. The van der Waals surface area contributed by atoms with Gasteiger partial charge in [-0.3, -0.25) is 0 Å². The molecule has 1 N–H and O–H groups in total. The SMILES string of the molecule is CCNC(CCc1ccco1)CC1CCOCC1. The van der Waals surface area contributed by atoms with Crippen molar-refractivity contribution in [2.24, 2.45) is 5.92 Å². The number of nitrogens with one attached hydrogen (secondary N) is 1. The van der Waals surface area contributed by atoms with Crippen LogP contribution in [0.25, 0.3) is 0 Å². The van der Waals surface area contributed by atoms with E-state index in [1.165, 1.54) is 25.7 Å². The van der Waals surface area contributed by atoms with Gasteiger partial charge in [0.15, 0.2) is 0 Å². The van der Waals surface area contributed by atoms with Crippen LogP contribution in [-0.4, -0.2) is 25.8 Å². The molecular formula is C15H25NO2. The maximum absolute atomic E-state index is 5.42. The lowest BCUT2D eigenvalue weighted by Gasteiger charge is -2.27. The zero-order valence-electron chi connectivity index (χ0n) is 11.4. The van der Waals surface area contributed by atoms with Crippen LogP contribution in [0.5, 0.6) is 0 Å². The predicted molar refractivity (Wildman–Crippen MR) is 72.7 cm³/mol. The Kier molecular flexibility index (Phi) is 5.75. The van der Waals surface area contributed by atoms with Crippen molar-refractivity contribution < 1.29 is 9.15 Å². The molecule has 0 bridgehead atoms. The molecule has 0 amide bonds. The molecule has 2 rings (SSSR count). The number of aryl methyl sites for hydroxylation is 1. The Morgan fingerprint density at radius 3 is 2.89 bits per heavy atom. The molecule has 0 aliphatic carbocycles. The van der Waals surface area contributed by atoms with Crippen LogP contribution in [-0.2, 0) is 11.2 Å². The number of hydrogen-bond acceptors (Lipinski definition) is 3. The molecule has 2 heterocycles. The van der Waals surface area contributed by atoms with Gasteiger partial charge in [0, 0.05) is 25.7 Å². The number of furan rings is 1. The Morgan fingerprint density at radius 1 is 1.39 bits per heavy atom. The first-order chi connectivity index (χ1) is 8.88. The van der Waals surface area contributed by atoms with Crippen molar-refractivity contribution in [2.45, 2.75) is 45.1 Å². The van der Waals surface area contributed by atoms with Gasteiger partial charge < -0.3 is 14.5 Å². The van der Waals surface area contributed by atoms with E-state index < -0.39 is 0 Å². The molecule has 102 valence electrons. The number of ether oxygens (including phenoxy) is 1. The summed E-state index contributed by atoms with van der Waals surface area (Å²) in [4.78, 5) is 0. The van der Waals surface area contributed by atoms with Gasteiger partial charge in [-0.2, -0.15) is 0 Å². The van der Waals surface area contributed by atoms with Crippen LogP contribution >= 0.6 is 0 Å². The average Bonchev–Trinajstić information content (AvgIpc) is 2.91.